The molecule has 1 amide bonds. The van der Waals surface area contributed by atoms with Gasteiger partial charge in [-0.3, -0.25) is 10.1 Å². The van der Waals surface area contributed by atoms with E-state index in [1.165, 1.54) is 6.39 Å². The molecule has 0 aromatic carbocycles. The molecule has 6 nitrogen and oxygen atoms in total. The van der Waals surface area contributed by atoms with Gasteiger partial charge in [-0.05, 0) is 27.2 Å². The van der Waals surface area contributed by atoms with Crippen LogP contribution in [0, 0.1) is 0 Å². The maximum atomic E-state index is 11.8. The van der Waals surface area contributed by atoms with Gasteiger partial charge < -0.3 is 9.84 Å². The average Bonchev–Trinajstić information content (AvgIpc) is 2.78. The molecule has 0 saturated carbocycles. The second-order valence-corrected chi connectivity index (χ2v) is 4.68. The molecule has 0 fully saturated rings. The fourth-order valence-electron chi connectivity index (χ4n) is 1.14. The number of hydrogen-bond donors (Lipinski definition) is 2. The molecule has 0 aliphatic carbocycles. The summed E-state index contributed by atoms with van der Waals surface area (Å²) in [6.07, 6.45) is 2.15. The fraction of sp³-hybridized carbons (Fsp3) is 0.727. The zero-order chi connectivity index (χ0) is 12.9. The number of hydrogen-bond acceptors (Lipinski definition) is 5. The van der Waals surface area contributed by atoms with Crippen LogP contribution in [0.2, 0.25) is 0 Å². The van der Waals surface area contributed by atoms with Crippen LogP contribution in [-0.2, 0) is 11.3 Å². The molecule has 1 atom stereocenters. The Morgan fingerprint density at radius 2 is 2.29 bits per heavy atom. The van der Waals surface area contributed by atoms with E-state index < -0.39 is 0 Å². The Kier molecular flexibility index (Phi) is 4.62. The summed E-state index contributed by atoms with van der Waals surface area (Å²) < 4.78 is 4.60. The van der Waals surface area contributed by atoms with Gasteiger partial charge in [-0.25, -0.2) is 0 Å². The van der Waals surface area contributed by atoms with E-state index in [-0.39, 0.29) is 17.5 Å². The van der Waals surface area contributed by atoms with E-state index in [0.717, 1.165) is 6.42 Å². The highest BCUT2D eigenvalue weighted by molar-refractivity contribution is 5.81. The highest BCUT2D eigenvalue weighted by Gasteiger charge is 2.21. The zero-order valence-electron chi connectivity index (χ0n) is 10.8. The molecule has 0 bridgehead atoms. The van der Waals surface area contributed by atoms with Gasteiger partial charge in [0.1, 0.15) is 0 Å². The van der Waals surface area contributed by atoms with Crippen LogP contribution in [0.4, 0.5) is 0 Å². The highest BCUT2D eigenvalue weighted by Crippen LogP contribution is 2.07. The van der Waals surface area contributed by atoms with Crippen molar-refractivity contribution in [3.05, 3.63) is 12.2 Å². The number of nitrogens with one attached hydrogen (secondary N) is 2. The largest absolute Gasteiger partial charge is 0.350 e. The quantitative estimate of drug-likeness (QED) is 0.770. The topological polar surface area (TPSA) is 80.0 Å². The van der Waals surface area contributed by atoms with Gasteiger partial charge in [-0.1, -0.05) is 12.1 Å². The van der Waals surface area contributed by atoms with Crippen LogP contribution in [0.25, 0.3) is 0 Å². The first kappa shape index (κ1) is 13.6. The first-order chi connectivity index (χ1) is 7.94. The Labute approximate surface area is 101 Å². The average molecular weight is 240 g/mol. The third kappa shape index (κ3) is 4.52. The van der Waals surface area contributed by atoms with E-state index >= 15 is 0 Å². The SMILES string of the molecule is CCC(C)(C)NC(=O)C(C)NCc1ncon1. The lowest BCUT2D eigenvalue weighted by molar-refractivity contribution is -0.124. The summed E-state index contributed by atoms with van der Waals surface area (Å²) in [5, 5.41) is 9.66. The molecule has 0 aliphatic rings. The lowest BCUT2D eigenvalue weighted by Crippen LogP contribution is -2.50. The first-order valence-electron chi connectivity index (χ1n) is 5.75. The molecule has 6 heteroatoms. The van der Waals surface area contributed by atoms with Crippen molar-refractivity contribution in [3.63, 3.8) is 0 Å². The molecule has 0 saturated heterocycles. The molecular formula is C11H20N4O2. The van der Waals surface area contributed by atoms with E-state index in [1.807, 2.05) is 20.8 Å². The summed E-state index contributed by atoms with van der Waals surface area (Å²) in [6.45, 7) is 8.25. The standard InChI is InChI=1S/C11H20N4O2/c1-5-11(3,4)14-10(16)8(2)12-6-9-13-7-17-15-9/h7-8,12H,5-6H2,1-4H3,(H,14,16). The van der Waals surface area contributed by atoms with Crippen LogP contribution in [0.5, 0.6) is 0 Å². The lowest BCUT2D eigenvalue weighted by atomic mass is 10.0. The smallest absolute Gasteiger partial charge is 0.237 e. The number of aromatic nitrogens is 2. The van der Waals surface area contributed by atoms with Crippen LogP contribution in [0.3, 0.4) is 0 Å². The molecule has 2 N–H and O–H groups in total. The Morgan fingerprint density at radius 3 is 2.82 bits per heavy atom. The van der Waals surface area contributed by atoms with Crippen molar-refractivity contribution in [2.45, 2.75) is 52.2 Å². The molecule has 1 aromatic heterocycles. The summed E-state index contributed by atoms with van der Waals surface area (Å²) >= 11 is 0. The van der Waals surface area contributed by atoms with Gasteiger partial charge in [0.25, 0.3) is 0 Å². The van der Waals surface area contributed by atoms with E-state index in [0.29, 0.717) is 12.4 Å². The molecule has 0 aliphatic heterocycles. The minimum absolute atomic E-state index is 0.0275. The summed E-state index contributed by atoms with van der Waals surface area (Å²) in [6, 6.07) is -0.292. The maximum absolute atomic E-state index is 11.8. The van der Waals surface area contributed by atoms with Gasteiger partial charge in [0.2, 0.25) is 12.3 Å². The van der Waals surface area contributed by atoms with E-state index in [1.54, 1.807) is 6.92 Å². The molecule has 0 radical (unpaired) electrons. The van der Waals surface area contributed by atoms with Crippen LogP contribution < -0.4 is 10.6 Å². The van der Waals surface area contributed by atoms with Crippen molar-refractivity contribution in [1.82, 2.24) is 20.8 Å². The molecule has 1 rings (SSSR count). The molecule has 1 heterocycles. The Hall–Kier alpha value is -1.43. The van der Waals surface area contributed by atoms with Crippen molar-refractivity contribution in [2.75, 3.05) is 0 Å². The molecule has 1 unspecified atom stereocenters. The van der Waals surface area contributed by atoms with Crippen LogP contribution in [-0.4, -0.2) is 27.6 Å². The summed E-state index contributed by atoms with van der Waals surface area (Å²) in [5.41, 5.74) is -0.181. The highest BCUT2D eigenvalue weighted by atomic mass is 16.5. The number of amides is 1. The molecule has 96 valence electrons. The molecular weight excluding hydrogens is 220 g/mol. The van der Waals surface area contributed by atoms with Crippen molar-refractivity contribution in [3.8, 4) is 0 Å². The normalized spacial score (nSPS) is 13.4. The van der Waals surface area contributed by atoms with Crippen molar-refractivity contribution in [1.29, 1.82) is 0 Å². The summed E-state index contributed by atoms with van der Waals surface area (Å²) in [7, 11) is 0. The van der Waals surface area contributed by atoms with Crippen LogP contribution in [0.1, 0.15) is 39.9 Å². The number of carbonyl (C=O) groups excluding carboxylic acids is 1. The lowest BCUT2D eigenvalue weighted by Gasteiger charge is -2.26. The predicted molar refractivity (Wildman–Crippen MR) is 63.1 cm³/mol. The van der Waals surface area contributed by atoms with Gasteiger partial charge in [-0.15, -0.1) is 0 Å². The van der Waals surface area contributed by atoms with E-state index in [4.69, 9.17) is 0 Å². The second kappa shape index (κ2) is 5.77. The van der Waals surface area contributed by atoms with Gasteiger partial charge in [0.15, 0.2) is 5.82 Å². The van der Waals surface area contributed by atoms with Crippen molar-refractivity contribution in [2.24, 2.45) is 0 Å². The van der Waals surface area contributed by atoms with E-state index in [9.17, 15) is 4.79 Å². The van der Waals surface area contributed by atoms with Gasteiger partial charge in [0, 0.05) is 5.54 Å². The predicted octanol–water partition coefficient (Wildman–Crippen LogP) is 0.852. The fourth-order valence-corrected chi connectivity index (χ4v) is 1.14. The van der Waals surface area contributed by atoms with Crippen molar-refractivity contribution < 1.29 is 9.32 Å². The monoisotopic (exact) mass is 240 g/mol. The van der Waals surface area contributed by atoms with E-state index in [2.05, 4.69) is 25.3 Å². The Balaban J connectivity index is 2.37. The number of carbonyl (C=O) groups is 1. The van der Waals surface area contributed by atoms with Crippen LogP contribution in [0.15, 0.2) is 10.9 Å². The maximum Gasteiger partial charge on any atom is 0.237 e. The van der Waals surface area contributed by atoms with Gasteiger partial charge >= 0.3 is 0 Å². The number of nitrogens with zero attached hydrogens (tertiary/aromatic N) is 2. The second-order valence-electron chi connectivity index (χ2n) is 4.68. The van der Waals surface area contributed by atoms with Gasteiger partial charge in [-0.2, -0.15) is 4.98 Å². The van der Waals surface area contributed by atoms with Crippen molar-refractivity contribution >= 4 is 5.91 Å². The summed E-state index contributed by atoms with van der Waals surface area (Å²) in [5.74, 6) is 0.514. The summed E-state index contributed by atoms with van der Waals surface area (Å²) in [4.78, 5) is 15.7. The molecule has 1 aromatic rings. The minimum Gasteiger partial charge on any atom is -0.350 e. The minimum atomic E-state index is -0.292. The first-order valence-corrected chi connectivity index (χ1v) is 5.75. The zero-order valence-corrected chi connectivity index (χ0v) is 10.8. The molecule has 17 heavy (non-hydrogen) atoms. The Bertz CT molecular complexity index is 348. The Morgan fingerprint density at radius 1 is 1.59 bits per heavy atom. The third-order valence-corrected chi connectivity index (χ3v) is 2.71. The third-order valence-electron chi connectivity index (χ3n) is 2.71. The van der Waals surface area contributed by atoms with Crippen LogP contribution >= 0.6 is 0 Å². The molecule has 0 spiro atoms. The number of rotatable bonds is 6. The van der Waals surface area contributed by atoms with Gasteiger partial charge in [0.05, 0.1) is 12.6 Å².